The van der Waals surface area contributed by atoms with Gasteiger partial charge in [0.05, 0.1) is 5.75 Å². The molecule has 0 amide bonds. The molecule has 19 heavy (non-hydrogen) atoms. The minimum atomic E-state index is -3.17. The van der Waals surface area contributed by atoms with Crippen LogP contribution in [0.2, 0.25) is 0 Å². The molecule has 2 aliphatic rings. The molecule has 0 spiro atoms. The number of sulfonamides is 1. The van der Waals surface area contributed by atoms with Gasteiger partial charge in [-0.1, -0.05) is 6.42 Å². The normalized spacial score (nSPS) is 25.5. The standard InChI is InChI=1S/C13H26N2O3S/c16-9-3-8-15(13-5-1-6-13)19(17,18)11-12-4-2-7-14-10-12/h12-14,16H,1-11H2. The molecule has 1 saturated heterocycles. The van der Waals surface area contributed by atoms with E-state index in [1.54, 1.807) is 4.31 Å². The number of nitrogens with one attached hydrogen (secondary N) is 1. The maximum Gasteiger partial charge on any atom is 0.214 e. The number of nitrogens with zero attached hydrogens (tertiary/aromatic N) is 1. The van der Waals surface area contributed by atoms with Crippen molar-refractivity contribution in [3.8, 4) is 0 Å². The zero-order valence-electron chi connectivity index (χ0n) is 11.6. The Morgan fingerprint density at radius 3 is 2.53 bits per heavy atom. The molecular formula is C13H26N2O3S. The first-order chi connectivity index (χ1) is 9.13. The zero-order chi connectivity index (χ0) is 13.7. The molecule has 5 nitrogen and oxygen atoms in total. The van der Waals surface area contributed by atoms with Gasteiger partial charge in [-0.3, -0.25) is 0 Å². The minimum absolute atomic E-state index is 0.0593. The van der Waals surface area contributed by atoms with Crippen molar-refractivity contribution in [1.29, 1.82) is 0 Å². The van der Waals surface area contributed by atoms with Crippen LogP contribution in [0.5, 0.6) is 0 Å². The van der Waals surface area contributed by atoms with Gasteiger partial charge in [0.2, 0.25) is 10.0 Å². The average Bonchev–Trinajstić information content (AvgIpc) is 2.32. The van der Waals surface area contributed by atoms with Crippen LogP contribution in [-0.4, -0.2) is 55.9 Å². The molecule has 2 fully saturated rings. The summed E-state index contributed by atoms with van der Waals surface area (Å²) in [5.41, 5.74) is 0. The highest BCUT2D eigenvalue weighted by Crippen LogP contribution is 2.28. The molecule has 1 unspecified atom stereocenters. The Balaban J connectivity index is 1.96. The summed E-state index contributed by atoms with van der Waals surface area (Å²) in [5.74, 6) is 0.512. The molecule has 2 N–H and O–H groups in total. The summed E-state index contributed by atoms with van der Waals surface area (Å²) < 4.78 is 26.8. The van der Waals surface area contributed by atoms with E-state index in [2.05, 4.69) is 5.32 Å². The summed E-state index contributed by atoms with van der Waals surface area (Å²) in [6, 6.07) is 0.188. The van der Waals surface area contributed by atoms with Crippen LogP contribution in [0.25, 0.3) is 0 Å². The van der Waals surface area contributed by atoms with E-state index in [0.29, 0.717) is 13.0 Å². The molecule has 0 aromatic carbocycles. The van der Waals surface area contributed by atoms with Crippen LogP contribution in [0.3, 0.4) is 0 Å². The van der Waals surface area contributed by atoms with Gasteiger partial charge in [-0.25, -0.2) is 8.42 Å². The smallest absolute Gasteiger partial charge is 0.214 e. The second-order valence-corrected chi connectivity index (χ2v) is 7.73. The molecule has 1 heterocycles. The SMILES string of the molecule is O=S(=O)(CC1CCCNC1)N(CCCO)C1CCC1. The maximum atomic E-state index is 12.6. The molecule has 0 bridgehead atoms. The van der Waals surface area contributed by atoms with Gasteiger partial charge in [0.1, 0.15) is 0 Å². The predicted octanol–water partition coefficient (Wildman–Crippen LogP) is 0.553. The van der Waals surface area contributed by atoms with Crippen LogP contribution >= 0.6 is 0 Å². The quantitative estimate of drug-likeness (QED) is 0.718. The monoisotopic (exact) mass is 290 g/mol. The van der Waals surface area contributed by atoms with Crippen molar-refractivity contribution in [2.24, 2.45) is 5.92 Å². The van der Waals surface area contributed by atoms with E-state index < -0.39 is 10.0 Å². The lowest BCUT2D eigenvalue weighted by atomic mass is 9.93. The van der Waals surface area contributed by atoms with Crippen molar-refractivity contribution in [3.05, 3.63) is 0 Å². The van der Waals surface area contributed by atoms with Crippen LogP contribution in [0.4, 0.5) is 0 Å². The Morgan fingerprint density at radius 1 is 1.21 bits per heavy atom. The largest absolute Gasteiger partial charge is 0.396 e. The van der Waals surface area contributed by atoms with E-state index in [9.17, 15) is 8.42 Å². The molecule has 1 saturated carbocycles. The molecule has 0 radical (unpaired) electrons. The molecule has 112 valence electrons. The van der Waals surface area contributed by atoms with Crippen molar-refractivity contribution in [1.82, 2.24) is 9.62 Å². The fraction of sp³-hybridized carbons (Fsp3) is 1.00. The van der Waals surface area contributed by atoms with Gasteiger partial charge in [0, 0.05) is 19.2 Å². The molecular weight excluding hydrogens is 264 g/mol. The van der Waals surface area contributed by atoms with E-state index in [0.717, 1.165) is 45.2 Å². The average molecular weight is 290 g/mol. The summed E-state index contributed by atoms with van der Waals surface area (Å²) in [5, 5.41) is 12.2. The van der Waals surface area contributed by atoms with Gasteiger partial charge in [0.15, 0.2) is 0 Å². The number of hydrogen-bond acceptors (Lipinski definition) is 4. The molecule has 0 aromatic rings. The van der Waals surface area contributed by atoms with E-state index >= 15 is 0 Å². The third-order valence-corrected chi connectivity index (χ3v) is 6.31. The first-order valence-corrected chi connectivity index (χ1v) is 9.05. The molecule has 0 aromatic heterocycles. The third kappa shape index (κ3) is 4.15. The maximum absolute atomic E-state index is 12.6. The fourth-order valence-corrected chi connectivity index (χ4v) is 5.05. The summed E-state index contributed by atoms with van der Waals surface area (Å²) in [7, 11) is -3.17. The number of hydrogen-bond donors (Lipinski definition) is 2. The Kier molecular flexibility index (Phi) is 5.62. The van der Waals surface area contributed by atoms with Crippen molar-refractivity contribution in [2.75, 3.05) is 32.0 Å². The predicted molar refractivity (Wildman–Crippen MR) is 75.4 cm³/mol. The van der Waals surface area contributed by atoms with Crippen molar-refractivity contribution >= 4 is 10.0 Å². The summed E-state index contributed by atoms with van der Waals surface area (Å²) in [4.78, 5) is 0. The van der Waals surface area contributed by atoms with Gasteiger partial charge in [0.25, 0.3) is 0 Å². The van der Waals surface area contributed by atoms with Crippen LogP contribution < -0.4 is 5.32 Å². The minimum Gasteiger partial charge on any atom is -0.396 e. The number of aliphatic hydroxyl groups is 1. The van der Waals surface area contributed by atoms with Crippen molar-refractivity contribution < 1.29 is 13.5 Å². The molecule has 1 atom stereocenters. The van der Waals surface area contributed by atoms with E-state index in [-0.39, 0.29) is 24.3 Å². The molecule has 6 heteroatoms. The molecule has 1 aliphatic carbocycles. The van der Waals surface area contributed by atoms with E-state index in [4.69, 9.17) is 5.11 Å². The fourth-order valence-electron chi connectivity index (χ4n) is 2.91. The summed E-state index contributed by atoms with van der Waals surface area (Å²) in [6.45, 7) is 2.36. The number of aliphatic hydroxyl groups excluding tert-OH is 1. The molecule has 1 aliphatic heterocycles. The highest BCUT2D eigenvalue weighted by Gasteiger charge is 2.34. The van der Waals surface area contributed by atoms with Gasteiger partial charge in [-0.2, -0.15) is 4.31 Å². The lowest BCUT2D eigenvalue weighted by Crippen LogP contribution is -2.47. The van der Waals surface area contributed by atoms with Gasteiger partial charge in [-0.05, 0) is 51.1 Å². The highest BCUT2D eigenvalue weighted by molar-refractivity contribution is 7.89. The van der Waals surface area contributed by atoms with E-state index in [1.165, 1.54) is 0 Å². The number of rotatable bonds is 7. The Labute approximate surface area is 116 Å². The van der Waals surface area contributed by atoms with Crippen LogP contribution in [0, 0.1) is 5.92 Å². The first kappa shape index (κ1) is 15.2. The Bertz CT molecular complexity index is 362. The third-order valence-electron chi connectivity index (χ3n) is 4.22. The zero-order valence-corrected chi connectivity index (χ0v) is 12.4. The summed E-state index contributed by atoms with van der Waals surface area (Å²) in [6.07, 6.45) is 5.70. The summed E-state index contributed by atoms with van der Waals surface area (Å²) >= 11 is 0. The van der Waals surface area contributed by atoms with Gasteiger partial charge >= 0.3 is 0 Å². The Morgan fingerprint density at radius 2 is 2.00 bits per heavy atom. The lowest BCUT2D eigenvalue weighted by molar-refractivity contribution is 0.197. The molecule has 2 rings (SSSR count). The van der Waals surface area contributed by atoms with Crippen molar-refractivity contribution in [2.45, 2.75) is 44.6 Å². The van der Waals surface area contributed by atoms with Crippen LogP contribution in [0.15, 0.2) is 0 Å². The van der Waals surface area contributed by atoms with E-state index in [1.807, 2.05) is 0 Å². The first-order valence-electron chi connectivity index (χ1n) is 7.44. The van der Waals surface area contributed by atoms with Gasteiger partial charge < -0.3 is 10.4 Å². The topological polar surface area (TPSA) is 69.6 Å². The second kappa shape index (κ2) is 7.02. The Hall–Kier alpha value is -0.170. The van der Waals surface area contributed by atoms with Crippen molar-refractivity contribution in [3.63, 3.8) is 0 Å². The lowest BCUT2D eigenvalue weighted by Gasteiger charge is -2.37. The van der Waals surface area contributed by atoms with Crippen LogP contribution in [0.1, 0.15) is 38.5 Å². The second-order valence-electron chi connectivity index (χ2n) is 5.76. The highest BCUT2D eigenvalue weighted by atomic mass is 32.2. The number of piperidine rings is 1. The van der Waals surface area contributed by atoms with Gasteiger partial charge in [-0.15, -0.1) is 0 Å². The van der Waals surface area contributed by atoms with Crippen LogP contribution in [-0.2, 0) is 10.0 Å².